The lowest BCUT2D eigenvalue weighted by molar-refractivity contribution is 0.0817. The van der Waals surface area contributed by atoms with E-state index >= 15 is 0 Å². The molecular weight excluding hydrogens is 230 g/mol. The van der Waals surface area contributed by atoms with E-state index in [0.29, 0.717) is 17.8 Å². The number of carbonyl (C=O) groups is 1. The summed E-state index contributed by atoms with van der Waals surface area (Å²) >= 11 is 0. The first kappa shape index (κ1) is 11.6. The SMILES string of the molecule is CN1Cc2cccc(NN=C(C#N)C#N)c2C1=O. The number of carbonyl (C=O) groups excluding carboxylic acids is 1. The van der Waals surface area contributed by atoms with Crippen LogP contribution in [0.25, 0.3) is 0 Å². The molecule has 1 amide bonds. The van der Waals surface area contributed by atoms with Crippen molar-refractivity contribution in [3.8, 4) is 12.1 Å². The van der Waals surface area contributed by atoms with Gasteiger partial charge in [-0.05, 0) is 11.6 Å². The molecule has 0 spiro atoms. The van der Waals surface area contributed by atoms with E-state index in [-0.39, 0.29) is 11.6 Å². The van der Waals surface area contributed by atoms with E-state index in [2.05, 4.69) is 10.5 Å². The van der Waals surface area contributed by atoms with E-state index in [4.69, 9.17) is 10.5 Å². The molecule has 6 heteroatoms. The first-order chi connectivity index (χ1) is 8.67. The minimum Gasteiger partial charge on any atom is -0.337 e. The van der Waals surface area contributed by atoms with Crippen molar-refractivity contribution in [2.45, 2.75) is 6.54 Å². The Morgan fingerprint density at radius 3 is 2.83 bits per heavy atom. The van der Waals surface area contributed by atoms with Crippen LogP contribution in [0.1, 0.15) is 15.9 Å². The summed E-state index contributed by atoms with van der Waals surface area (Å²) in [5, 5.41) is 20.8. The number of benzene rings is 1. The molecule has 2 rings (SSSR count). The minimum atomic E-state index is -0.286. The van der Waals surface area contributed by atoms with Crippen LogP contribution in [0.2, 0.25) is 0 Å². The van der Waals surface area contributed by atoms with Crippen LogP contribution in [-0.4, -0.2) is 23.6 Å². The van der Waals surface area contributed by atoms with Gasteiger partial charge in [0.25, 0.3) is 5.91 Å². The molecule has 0 atom stereocenters. The molecule has 1 aliphatic rings. The van der Waals surface area contributed by atoms with Crippen molar-refractivity contribution in [3.63, 3.8) is 0 Å². The van der Waals surface area contributed by atoms with Gasteiger partial charge in [-0.15, -0.1) is 0 Å². The highest BCUT2D eigenvalue weighted by Gasteiger charge is 2.26. The van der Waals surface area contributed by atoms with Crippen LogP contribution in [-0.2, 0) is 6.54 Å². The van der Waals surface area contributed by atoms with Gasteiger partial charge in [-0.25, -0.2) is 0 Å². The fourth-order valence-corrected chi connectivity index (χ4v) is 1.79. The Bertz CT molecular complexity index is 604. The van der Waals surface area contributed by atoms with Crippen molar-refractivity contribution in [1.29, 1.82) is 10.5 Å². The van der Waals surface area contributed by atoms with Gasteiger partial charge >= 0.3 is 0 Å². The second-order valence-electron chi connectivity index (χ2n) is 3.80. The standard InChI is InChI=1S/C12H9N5O/c1-17-7-8-3-2-4-10(11(8)12(17)18)16-15-9(5-13)6-14/h2-4,16H,7H2,1H3. The molecule has 0 aliphatic carbocycles. The summed E-state index contributed by atoms with van der Waals surface area (Å²) < 4.78 is 0. The average molecular weight is 239 g/mol. The lowest BCUT2D eigenvalue weighted by atomic mass is 10.1. The molecule has 1 heterocycles. The number of hydrazone groups is 1. The molecule has 1 aliphatic heterocycles. The zero-order valence-electron chi connectivity index (χ0n) is 9.64. The van der Waals surface area contributed by atoms with Crippen molar-refractivity contribution < 1.29 is 4.79 Å². The van der Waals surface area contributed by atoms with Gasteiger partial charge in [0.05, 0.1) is 11.3 Å². The summed E-state index contributed by atoms with van der Waals surface area (Å²) in [5.74, 6) is -0.0984. The monoisotopic (exact) mass is 239 g/mol. The molecular formula is C12H9N5O. The van der Waals surface area contributed by atoms with E-state index in [0.717, 1.165) is 5.56 Å². The summed E-state index contributed by atoms with van der Waals surface area (Å²) in [4.78, 5) is 13.5. The van der Waals surface area contributed by atoms with Gasteiger partial charge in [-0.1, -0.05) is 12.1 Å². The van der Waals surface area contributed by atoms with E-state index in [1.54, 1.807) is 36.2 Å². The summed E-state index contributed by atoms with van der Waals surface area (Å²) in [6, 6.07) is 8.62. The van der Waals surface area contributed by atoms with Gasteiger partial charge in [-0.3, -0.25) is 10.2 Å². The Hall–Kier alpha value is -2.86. The maximum Gasteiger partial charge on any atom is 0.256 e. The van der Waals surface area contributed by atoms with Crippen LogP contribution in [0.3, 0.4) is 0 Å². The second-order valence-corrected chi connectivity index (χ2v) is 3.80. The fourth-order valence-electron chi connectivity index (χ4n) is 1.79. The van der Waals surface area contributed by atoms with Gasteiger partial charge in [0.1, 0.15) is 12.1 Å². The highest BCUT2D eigenvalue weighted by Crippen LogP contribution is 2.28. The maximum absolute atomic E-state index is 11.9. The third kappa shape index (κ3) is 1.87. The summed E-state index contributed by atoms with van der Waals surface area (Å²) in [6.45, 7) is 0.552. The normalized spacial score (nSPS) is 12.4. The second kappa shape index (κ2) is 4.56. The smallest absolute Gasteiger partial charge is 0.256 e. The molecule has 0 aromatic heterocycles. The van der Waals surface area contributed by atoms with E-state index in [9.17, 15) is 4.79 Å². The molecule has 6 nitrogen and oxygen atoms in total. The van der Waals surface area contributed by atoms with Crippen molar-refractivity contribution in [2.75, 3.05) is 12.5 Å². The lowest BCUT2D eigenvalue weighted by Gasteiger charge is -2.06. The summed E-state index contributed by atoms with van der Waals surface area (Å²) in [5.41, 5.74) is 4.25. The third-order valence-electron chi connectivity index (χ3n) is 2.62. The first-order valence-electron chi connectivity index (χ1n) is 5.18. The van der Waals surface area contributed by atoms with Crippen LogP contribution in [0.5, 0.6) is 0 Å². The topological polar surface area (TPSA) is 92.3 Å². The van der Waals surface area contributed by atoms with Gasteiger partial charge < -0.3 is 4.90 Å². The van der Waals surface area contributed by atoms with E-state index in [1.807, 2.05) is 6.07 Å². The van der Waals surface area contributed by atoms with Crippen LogP contribution in [0.4, 0.5) is 5.69 Å². The largest absolute Gasteiger partial charge is 0.337 e. The molecule has 1 N–H and O–H groups in total. The number of amides is 1. The molecule has 0 bridgehead atoms. The molecule has 0 unspecified atom stereocenters. The number of nitrogens with zero attached hydrogens (tertiary/aromatic N) is 4. The van der Waals surface area contributed by atoms with Gasteiger partial charge in [-0.2, -0.15) is 15.6 Å². The van der Waals surface area contributed by atoms with Crippen LogP contribution >= 0.6 is 0 Å². The summed E-state index contributed by atoms with van der Waals surface area (Å²) in [7, 11) is 1.71. The number of hydrogen-bond acceptors (Lipinski definition) is 5. The Labute approximate surface area is 104 Å². The van der Waals surface area contributed by atoms with Crippen molar-refractivity contribution in [3.05, 3.63) is 29.3 Å². The molecule has 0 radical (unpaired) electrons. The number of nitrogens with one attached hydrogen (secondary N) is 1. The van der Waals surface area contributed by atoms with Crippen molar-refractivity contribution >= 4 is 17.3 Å². The molecule has 0 saturated carbocycles. The first-order valence-corrected chi connectivity index (χ1v) is 5.18. The predicted molar refractivity (Wildman–Crippen MR) is 64.5 cm³/mol. The van der Waals surface area contributed by atoms with Crippen molar-refractivity contribution in [1.82, 2.24) is 4.90 Å². The Morgan fingerprint density at radius 2 is 2.17 bits per heavy atom. The Balaban J connectivity index is 2.36. The highest BCUT2D eigenvalue weighted by atomic mass is 16.2. The van der Waals surface area contributed by atoms with Crippen LogP contribution in [0.15, 0.2) is 23.3 Å². The number of anilines is 1. The highest BCUT2D eigenvalue weighted by molar-refractivity contribution is 6.10. The average Bonchev–Trinajstić information content (AvgIpc) is 2.67. The zero-order valence-corrected chi connectivity index (χ0v) is 9.64. The van der Waals surface area contributed by atoms with Gasteiger partial charge in [0.2, 0.25) is 5.71 Å². The zero-order chi connectivity index (χ0) is 13.1. The predicted octanol–water partition coefficient (Wildman–Crippen LogP) is 1.09. The molecule has 1 aromatic carbocycles. The molecule has 0 fully saturated rings. The number of fused-ring (bicyclic) bond motifs is 1. The van der Waals surface area contributed by atoms with E-state index in [1.165, 1.54) is 0 Å². The molecule has 18 heavy (non-hydrogen) atoms. The number of nitriles is 2. The molecule has 1 aromatic rings. The fraction of sp³-hybridized carbons (Fsp3) is 0.167. The van der Waals surface area contributed by atoms with Crippen molar-refractivity contribution in [2.24, 2.45) is 5.10 Å². The van der Waals surface area contributed by atoms with Crippen LogP contribution < -0.4 is 5.43 Å². The van der Waals surface area contributed by atoms with Gasteiger partial charge in [0.15, 0.2) is 0 Å². The lowest BCUT2D eigenvalue weighted by Crippen LogP contribution is -2.18. The molecule has 0 saturated heterocycles. The number of hydrogen-bond donors (Lipinski definition) is 1. The van der Waals surface area contributed by atoms with E-state index < -0.39 is 0 Å². The summed E-state index contributed by atoms with van der Waals surface area (Å²) in [6.07, 6.45) is 0. The maximum atomic E-state index is 11.9. The van der Waals surface area contributed by atoms with Gasteiger partial charge in [0, 0.05) is 13.6 Å². The number of rotatable bonds is 2. The molecule has 88 valence electrons. The quantitative estimate of drug-likeness (QED) is 0.617. The Kier molecular flexibility index (Phi) is 2.94. The third-order valence-corrected chi connectivity index (χ3v) is 2.62. The minimum absolute atomic E-state index is 0.0984. The van der Waals surface area contributed by atoms with Crippen LogP contribution in [0, 0.1) is 22.7 Å². The Morgan fingerprint density at radius 1 is 1.44 bits per heavy atom.